The van der Waals surface area contributed by atoms with E-state index in [-0.39, 0.29) is 16.4 Å². The van der Waals surface area contributed by atoms with Crippen LogP contribution in [0.4, 0.5) is 0 Å². The number of ether oxygens (including phenoxy) is 1. The lowest BCUT2D eigenvalue weighted by Gasteiger charge is -2.20. The third-order valence-corrected chi connectivity index (χ3v) is 6.03. The Labute approximate surface area is 183 Å². The maximum absolute atomic E-state index is 12.7. The predicted molar refractivity (Wildman–Crippen MR) is 120 cm³/mol. The Balaban J connectivity index is 2.26. The second-order valence-corrected chi connectivity index (χ2v) is 10.5. The molecule has 0 aliphatic carbocycles. The molecule has 0 spiro atoms. The van der Waals surface area contributed by atoms with Crippen molar-refractivity contribution in [3.63, 3.8) is 0 Å². The van der Waals surface area contributed by atoms with E-state index in [0.717, 1.165) is 5.56 Å². The number of hydrazone groups is 1. The van der Waals surface area contributed by atoms with Crippen LogP contribution < -0.4 is 9.57 Å². The summed E-state index contributed by atoms with van der Waals surface area (Å²) in [6, 6.07) is 8.62. The van der Waals surface area contributed by atoms with Gasteiger partial charge in [-0.15, -0.1) is 0 Å². The fourth-order valence-electron chi connectivity index (χ4n) is 2.58. The highest BCUT2D eigenvalue weighted by atomic mass is 35.5. The van der Waals surface area contributed by atoms with Crippen molar-refractivity contribution in [2.75, 3.05) is 0 Å². The lowest BCUT2D eigenvalue weighted by molar-refractivity contribution is 0.243. The summed E-state index contributed by atoms with van der Waals surface area (Å²) in [5, 5.41) is 4.52. The monoisotopic (exact) mass is 456 g/mol. The third-order valence-electron chi connectivity index (χ3n) is 4.10. The van der Waals surface area contributed by atoms with E-state index in [2.05, 4.69) is 9.93 Å². The fourth-order valence-corrected chi connectivity index (χ4v) is 4.23. The quantitative estimate of drug-likeness (QED) is 0.447. The van der Waals surface area contributed by atoms with Gasteiger partial charge in [-0.25, -0.2) is 4.83 Å². The van der Waals surface area contributed by atoms with Gasteiger partial charge < -0.3 is 4.74 Å². The molecule has 2 aromatic rings. The van der Waals surface area contributed by atoms with Crippen LogP contribution in [0.25, 0.3) is 0 Å². The molecule has 0 heterocycles. The minimum Gasteiger partial charge on any atom is -0.488 e. The maximum atomic E-state index is 12.7. The van der Waals surface area contributed by atoms with Gasteiger partial charge in [-0.1, -0.05) is 56.1 Å². The van der Waals surface area contributed by atoms with Gasteiger partial charge in [0, 0.05) is 0 Å². The molecule has 0 fully saturated rings. The number of rotatable bonds is 6. The molecule has 0 radical (unpaired) electrons. The normalized spacial score (nSPS) is 12.6. The number of nitrogens with one attached hydrogen (secondary N) is 1. The fraction of sp³-hybridized carbons (Fsp3) is 0.381. The predicted octanol–water partition coefficient (Wildman–Crippen LogP) is 5.70. The van der Waals surface area contributed by atoms with Crippen LogP contribution in [0, 0.1) is 6.92 Å². The summed E-state index contributed by atoms with van der Waals surface area (Å²) in [7, 11) is -3.83. The average Bonchev–Trinajstić information content (AvgIpc) is 2.57. The van der Waals surface area contributed by atoms with E-state index in [1.54, 1.807) is 31.2 Å². The van der Waals surface area contributed by atoms with Crippen molar-refractivity contribution >= 4 is 39.4 Å². The molecule has 0 amide bonds. The van der Waals surface area contributed by atoms with Gasteiger partial charge in [-0.05, 0) is 61.1 Å². The van der Waals surface area contributed by atoms with E-state index in [4.69, 9.17) is 27.9 Å². The van der Waals surface area contributed by atoms with Gasteiger partial charge in [-0.3, -0.25) is 0 Å². The summed E-state index contributed by atoms with van der Waals surface area (Å²) >= 11 is 12.4. The first-order valence-electron chi connectivity index (χ1n) is 9.13. The molecule has 2 rings (SSSR count). The van der Waals surface area contributed by atoms with Crippen molar-refractivity contribution < 1.29 is 13.2 Å². The Kier molecular flexibility index (Phi) is 7.25. The Morgan fingerprint density at radius 3 is 2.21 bits per heavy atom. The van der Waals surface area contributed by atoms with E-state index in [9.17, 15) is 8.42 Å². The van der Waals surface area contributed by atoms with Crippen molar-refractivity contribution in [1.82, 2.24) is 4.83 Å². The van der Waals surface area contributed by atoms with Gasteiger partial charge in [0.2, 0.25) is 0 Å². The average molecular weight is 457 g/mol. The first kappa shape index (κ1) is 23.5. The summed E-state index contributed by atoms with van der Waals surface area (Å²) in [5.41, 5.74) is 1.93. The zero-order chi connectivity index (χ0) is 22.0. The van der Waals surface area contributed by atoms with Gasteiger partial charge >= 0.3 is 0 Å². The molecule has 5 nitrogen and oxygen atoms in total. The van der Waals surface area contributed by atoms with E-state index >= 15 is 0 Å². The minimum absolute atomic E-state index is 0.0802. The van der Waals surface area contributed by atoms with Crippen LogP contribution in [0.5, 0.6) is 5.75 Å². The highest BCUT2D eigenvalue weighted by Crippen LogP contribution is 2.34. The summed E-state index contributed by atoms with van der Waals surface area (Å²) in [6.07, 6.45) is 1.26. The van der Waals surface area contributed by atoms with E-state index in [1.165, 1.54) is 6.21 Å². The molecule has 29 heavy (non-hydrogen) atoms. The molecule has 0 saturated heterocycles. The number of benzene rings is 2. The Morgan fingerprint density at radius 1 is 1.10 bits per heavy atom. The summed E-state index contributed by atoms with van der Waals surface area (Å²) < 4.78 is 31.0. The molecule has 0 atom stereocenters. The van der Waals surface area contributed by atoms with Gasteiger partial charge in [0.25, 0.3) is 10.0 Å². The van der Waals surface area contributed by atoms with Gasteiger partial charge in [0.15, 0.2) is 5.75 Å². The number of hydrogen-bond donors (Lipinski definition) is 1. The molecule has 0 aliphatic rings. The molecule has 1 N–H and O–H groups in total. The van der Waals surface area contributed by atoms with Crippen LogP contribution in [0.1, 0.15) is 51.3 Å². The largest absolute Gasteiger partial charge is 0.488 e. The molecule has 0 aromatic heterocycles. The molecule has 158 valence electrons. The highest BCUT2D eigenvalue weighted by molar-refractivity contribution is 7.89. The molecule has 2 aromatic carbocycles. The lowest BCUT2D eigenvalue weighted by atomic mass is 9.87. The van der Waals surface area contributed by atoms with Crippen LogP contribution in [-0.4, -0.2) is 20.7 Å². The van der Waals surface area contributed by atoms with Crippen molar-refractivity contribution in [2.24, 2.45) is 5.10 Å². The standard InChI is InChI=1S/C21H26Cl2N2O3S/c1-13(2)28-20-17(22)9-15(10-18(20)23)12-24-25-29(26,27)19-11-16(21(4,5)6)8-7-14(19)3/h7-13,25H,1-6H3/b24-12+. The Bertz CT molecular complexity index is 1000. The van der Waals surface area contributed by atoms with Crippen LogP contribution in [0.3, 0.4) is 0 Å². The molecular weight excluding hydrogens is 431 g/mol. The zero-order valence-corrected chi connectivity index (χ0v) is 19.7. The smallest absolute Gasteiger partial charge is 0.276 e. The Morgan fingerprint density at radius 2 is 1.69 bits per heavy atom. The van der Waals surface area contributed by atoms with E-state index in [0.29, 0.717) is 26.9 Å². The number of halogens is 2. The lowest BCUT2D eigenvalue weighted by Crippen LogP contribution is -2.21. The molecule has 8 heteroatoms. The third kappa shape index (κ3) is 6.11. The topological polar surface area (TPSA) is 67.8 Å². The van der Waals surface area contributed by atoms with Gasteiger partial charge in [0.05, 0.1) is 27.3 Å². The van der Waals surface area contributed by atoms with Crippen molar-refractivity contribution in [3.8, 4) is 5.75 Å². The number of nitrogens with zero attached hydrogens (tertiary/aromatic N) is 1. The second-order valence-electron chi connectivity index (χ2n) is 8.06. The van der Waals surface area contributed by atoms with Crippen LogP contribution >= 0.6 is 23.2 Å². The van der Waals surface area contributed by atoms with Crippen LogP contribution in [0.2, 0.25) is 10.0 Å². The first-order chi connectivity index (χ1) is 13.3. The van der Waals surface area contributed by atoms with Crippen LogP contribution in [-0.2, 0) is 15.4 Å². The number of hydrogen-bond acceptors (Lipinski definition) is 4. The van der Waals surface area contributed by atoms with Crippen molar-refractivity contribution in [2.45, 2.75) is 58.0 Å². The van der Waals surface area contributed by atoms with Crippen molar-refractivity contribution in [3.05, 3.63) is 57.1 Å². The minimum atomic E-state index is -3.83. The SMILES string of the molecule is Cc1ccc(C(C)(C)C)cc1S(=O)(=O)N/N=C/c1cc(Cl)c(OC(C)C)c(Cl)c1. The maximum Gasteiger partial charge on any atom is 0.276 e. The number of sulfonamides is 1. The first-order valence-corrected chi connectivity index (χ1v) is 11.4. The summed E-state index contributed by atoms with van der Waals surface area (Å²) in [4.78, 5) is 2.45. The van der Waals surface area contributed by atoms with Crippen LogP contribution in [0.15, 0.2) is 40.3 Å². The summed E-state index contributed by atoms with van der Waals surface area (Å²) in [6.45, 7) is 11.6. The van der Waals surface area contributed by atoms with Crippen molar-refractivity contribution in [1.29, 1.82) is 0 Å². The van der Waals surface area contributed by atoms with E-state index in [1.807, 2.05) is 40.7 Å². The molecule has 0 unspecified atom stereocenters. The Hall–Kier alpha value is -1.76. The molecular formula is C21H26Cl2N2O3S. The molecule has 0 saturated carbocycles. The number of aryl methyl sites for hydroxylation is 1. The van der Waals surface area contributed by atoms with E-state index < -0.39 is 10.0 Å². The molecule has 0 bridgehead atoms. The van der Waals surface area contributed by atoms with Gasteiger partial charge in [0.1, 0.15) is 0 Å². The molecule has 0 aliphatic heterocycles. The van der Waals surface area contributed by atoms with Gasteiger partial charge in [-0.2, -0.15) is 13.5 Å². The second kappa shape index (κ2) is 8.94. The highest BCUT2D eigenvalue weighted by Gasteiger charge is 2.21. The zero-order valence-electron chi connectivity index (χ0n) is 17.4. The summed E-state index contributed by atoms with van der Waals surface area (Å²) in [5.74, 6) is 0.385.